The van der Waals surface area contributed by atoms with Gasteiger partial charge in [-0.15, -0.1) is 34.0 Å². The molecule has 30 aromatic rings. The second-order valence-corrected chi connectivity index (χ2v) is 39.4. The third kappa shape index (κ3) is 13.6. The van der Waals surface area contributed by atoms with Crippen LogP contribution in [0.5, 0.6) is 0 Å². The quantitative estimate of drug-likeness (QED) is 0.122. The van der Waals surface area contributed by atoms with Gasteiger partial charge < -0.3 is 27.0 Å². The molecule has 0 atom stereocenters. The highest BCUT2D eigenvalue weighted by molar-refractivity contribution is 7.27. The van der Waals surface area contributed by atoms with Gasteiger partial charge in [0.1, 0.15) is 33.3 Å². The predicted molar refractivity (Wildman–Crippen MR) is 599 cm³/mol. The van der Waals surface area contributed by atoms with Gasteiger partial charge in [0.05, 0.1) is 16.6 Å². The monoisotopic (exact) mass is 1850 g/mol. The van der Waals surface area contributed by atoms with Gasteiger partial charge in [0, 0.05) is 121 Å². The molecular weight excluding hydrogens is 1770 g/mol. The maximum Gasteiger partial charge on any atom is 0.161 e. The summed E-state index contributed by atoms with van der Waals surface area (Å²) in [7, 11) is 0. The molecule has 21 aromatic carbocycles. The zero-order valence-corrected chi connectivity index (χ0v) is 78.5. The van der Waals surface area contributed by atoms with Crippen molar-refractivity contribution < 1.29 is 13.3 Å². The normalized spacial score (nSPS) is 11.8. The Bertz CT molecular complexity index is 10200. The molecule has 141 heavy (non-hydrogen) atoms. The Kier molecular flexibility index (Phi) is 19.5. The summed E-state index contributed by atoms with van der Waals surface area (Å²) in [5.74, 6) is 0. The number of para-hydroxylation sites is 6. The van der Waals surface area contributed by atoms with Crippen molar-refractivity contribution in [1.29, 1.82) is 0 Å². The fourth-order valence-electron chi connectivity index (χ4n) is 21.8. The van der Waals surface area contributed by atoms with E-state index in [9.17, 15) is 0 Å². The highest BCUT2D eigenvalue weighted by atomic mass is 32.1. The Labute approximate surface area is 822 Å². The van der Waals surface area contributed by atoms with Crippen LogP contribution in [0.25, 0.3) is 277 Å². The SMILES string of the molecule is c1ccc(-c2ccc3c(c2)sc2cc(-c4ccccc4-c4ccc5oc6c7ccccc7n(-c7ccccc7)c6c5c4)ccc23)cc1.c1ccc(-c2ccc3sc4c(-c5ccccc5-c5ccc6oc7c8ccccc8n(-c8ccccc8)c7c6c5)cccc4c3c2)cc1.c1ccc(-c2cccc3c2sc2c(-c4ccccc4-c4ccc5oc6c7ccccc7n(-c7ccccc7)c6c5c4)cccc23)cc1. The van der Waals surface area contributed by atoms with E-state index in [-0.39, 0.29) is 0 Å². The minimum absolute atomic E-state index is 0.895. The first-order chi connectivity index (χ1) is 69.9. The van der Waals surface area contributed by atoms with E-state index < -0.39 is 0 Å². The Hall–Kier alpha value is -17.7. The van der Waals surface area contributed by atoms with Gasteiger partial charge in [0.25, 0.3) is 0 Å². The maximum absolute atomic E-state index is 6.59. The molecular formula is C132H81N3O3S3. The van der Waals surface area contributed by atoms with E-state index in [4.69, 9.17) is 13.3 Å². The van der Waals surface area contributed by atoms with Crippen LogP contribution in [0.15, 0.2) is 505 Å². The van der Waals surface area contributed by atoms with Crippen molar-refractivity contribution >= 4 is 193 Å². The Balaban J connectivity index is 0.000000104. The van der Waals surface area contributed by atoms with E-state index in [0.717, 1.165) is 116 Å². The molecule has 0 amide bonds. The molecule has 0 aliphatic rings. The smallest absolute Gasteiger partial charge is 0.161 e. The fourth-order valence-corrected chi connectivity index (χ4v) is 25.6. The van der Waals surface area contributed by atoms with Crippen LogP contribution >= 0.6 is 34.0 Å². The van der Waals surface area contributed by atoms with E-state index in [1.165, 1.54) is 161 Å². The van der Waals surface area contributed by atoms with E-state index in [2.05, 4.69) is 505 Å². The molecule has 9 heterocycles. The number of fused-ring (bicyclic) bond motifs is 24. The average Bonchev–Trinajstić information content (AvgIpc) is 1.57. The van der Waals surface area contributed by atoms with Gasteiger partial charge in [-0.05, 0) is 222 Å². The van der Waals surface area contributed by atoms with Crippen molar-refractivity contribution in [1.82, 2.24) is 13.7 Å². The number of benzene rings is 21. The summed E-state index contributed by atoms with van der Waals surface area (Å²) in [5.41, 5.74) is 37.7. The lowest BCUT2D eigenvalue weighted by Crippen LogP contribution is -1.93. The number of aromatic nitrogens is 3. The van der Waals surface area contributed by atoms with Crippen molar-refractivity contribution in [2.24, 2.45) is 0 Å². The summed E-state index contributed by atoms with van der Waals surface area (Å²) in [6, 6.07) is 176. The largest absolute Gasteiger partial charge is 0.454 e. The summed E-state index contributed by atoms with van der Waals surface area (Å²) >= 11 is 5.65. The third-order valence-electron chi connectivity index (χ3n) is 28.3. The van der Waals surface area contributed by atoms with Crippen LogP contribution in [0.1, 0.15) is 0 Å². The molecule has 0 aliphatic heterocycles. The number of hydrogen-bond acceptors (Lipinski definition) is 6. The molecule has 6 nitrogen and oxygen atoms in total. The molecule has 0 radical (unpaired) electrons. The van der Waals surface area contributed by atoms with Crippen molar-refractivity contribution in [2.75, 3.05) is 0 Å². The highest BCUT2D eigenvalue weighted by Crippen LogP contribution is 2.52. The summed E-state index contributed by atoms with van der Waals surface area (Å²) in [6.07, 6.45) is 0. The van der Waals surface area contributed by atoms with E-state index in [1.807, 2.05) is 34.0 Å². The van der Waals surface area contributed by atoms with Crippen LogP contribution in [-0.2, 0) is 0 Å². The summed E-state index contributed by atoms with van der Waals surface area (Å²) in [6.45, 7) is 0. The first-order valence-electron chi connectivity index (χ1n) is 47.8. The molecule has 0 fully saturated rings. The Morgan fingerprint density at radius 1 is 0.149 bits per heavy atom. The molecule has 9 heteroatoms. The number of furan rings is 3. The zero-order chi connectivity index (χ0) is 92.7. The van der Waals surface area contributed by atoms with E-state index in [1.54, 1.807) is 0 Å². The van der Waals surface area contributed by atoms with Crippen LogP contribution in [0.4, 0.5) is 0 Å². The molecule has 0 saturated heterocycles. The van der Waals surface area contributed by atoms with Crippen LogP contribution in [0.2, 0.25) is 0 Å². The van der Waals surface area contributed by atoms with Crippen LogP contribution < -0.4 is 0 Å². The Morgan fingerprint density at radius 2 is 0.433 bits per heavy atom. The molecule has 0 aliphatic carbocycles. The van der Waals surface area contributed by atoms with Crippen molar-refractivity contribution in [3.63, 3.8) is 0 Å². The third-order valence-corrected chi connectivity index (χ3v) is 31.9. The van der Waals surface area contributed by atoms with E-state index >= 15 is 0 Å². The molecule has 0 spiro atoms. The summed E-state index contributed by atoms with van der Waals surface area (Å²) in [5, 5.41) is 14.5. The van der Waals surface area contributed by atoms with Crippen LogP contribution in [0, 0.1) is 0 Å². The second kappa shape index (κ2) is 33.6. The highest BCUT2D eigenvalue weighted by Gasteiger charge is 2.27. The number of thiophene rings is 3. The Morgan fingerprint density at radius 3 is 0.858 bits per heavy atom. The van der Waals surface area contributed by atoms with E-state index in [0.29, 0.717) is 0 Å². The molecule has 30 rings (SSSR count). The number of nitrogens with zero attached hydrogens (tertiary/aromatic N) is 3. The minimum atomic E-state index is 0.895. The van der Waals surface area contributed by atoms with Gasteiger partial charge in [-0.25, -0.2) is 0 Å². The van der Waals surface area contributed by atoms with Gasteiger partial charge >= 0.3 is 0 Å². The molecule has 0 unspecified atom stereocenters. The first kappa shape index (κ1) is 81.6. The molecule has 0 bridgehead atoms. The van der Waals surface area contributed by atoms with Crippen LogP contribution in [-0.4, -0.2) is 13.7 Å². The predicted octanol–water partition coefficient (Wildman–Crippen LogP) is 38.7. The topological polar surface area (TPSA) is 54.2 Å². The van der Waals surface area contributed by atoms with Crippen molar-refractivity contribution in [2.45, 2.75) is 0 Å². The lowest BCUT2D eigenvalue weighted by atomic mass is 9.93. The maximum atomic E-state index is 6.59. The molecule has 0 N–H and O–H groups in total. The fraction of sp³-hybridized carbons (Fsp3) is 0. The van der Waals surface area contributed by atoms with Gasteiger partial charge in [-0.1, -0.05) is 358 Å². The van der Waals surface area contributed by atoms with Crippen LogP contribution in [0.3, 0.4) is 0 Å². The minimum Gasteiger partial charge on any atom is -0.454 e. The second-order valence-electron chi connectivity index (χ2n) is 36.3. The lowest BCUT2D eigenvalue weighted by molar-refractivity contribution is 0.672. The van der Waals surface area contributed by atoms with Gasteiger partial charge in [-0.2, -0.15) is 0 Å². The molecule has 9 aromatic heterocycles. The summed E-state index contributed by atoms with van der Waals surface area (Å²) < 4.78 is 34.7. The number of hydrogen-bond donors (Lipinski definition) is 0. The van der Waals surface area contributed by atoms with Crippen molar-refractivity contribution in [3.8, 4) is 117 Å². The lowest BCUT2D eigenvalue weighted by Gasteiger charge is -2.12. The van der Waals surface area contributed by atoms with Gasteiger partial charge in [0.15, 0.2) is 16.7 Å². The molecule has 660 valence electrons. The average molecular weight is 1850 g/mol. The van der Waals surface area contributed by atoms with Crippen molar-refractivity contribution in [3.05, 3.63) is 491 Å². The van der Waals surface area contributed by atoms with Gasteiger partial charge in [-0.3, -0.25) is 0 Å². The summed E-state index contributed by atoms with van der Waals surface area (Å²) in [4.78, 5) is 0. The zero-order valence-electron chi connectivity index (χ0n) is 76.1. The molecule has 0 saturated carbocycles. The number of rotatable bonds is 12. The standard InChI is InChI=1S/3C44H27NOS/c1-3-13-28(14-4-1)32-20-11-22-35-36-23-12-21-34(44(36)47-43(32)35)33-18-8-7-17-31(33)29-25-26-40-38(27-29)41-42(46-40)37-19-9-10-24-39(37)45(41)30-15-5-2-6-16-30;1-3-12-28(13-4-1)29-23-25-41-37(26-29)35-20-11-19-34(44(35)47-41)33-17-8-7-16-32(33)30-22-24-40-38(27-30)42-43(46-40)36-18-9-10-21-39(36)45(42)31-14-5-2-6-15-31;1-3-11-28(12-4-1)29-19-22-35-36-23-20-31(27-42(36)47-41(35)26-29)34-16-8-7-15-33(34)30-21-24-40-38(25-30)43-44(46-40)37-17-9-10-18-39(37)45(43)32-13-5-2-6-14-32/h3*1-27H. The van der Waals surface area contributed by atoms with Gasteiger partial charge in [0.2, 0.25) is 0 Å². The first-order valence-corrected chi connectivity index (χ1v) is 50.2.